The topological polar surface area (TPSA) is 103 Å². The first kappa shape index (κ1) is 17.3. The molecule has 0 spiro atoms. The summed E-state index contributed by atoms with van der Waals surface area (Å²) in [5, 5.41) is 10.8. The van der Waals surface area contributed by atoms with Crippen molar-refractivity contribution in [2.24, 2.45) is 0 Å². The van der Waals surface area contributed by atoms with Gasteiger partial charge < -0.3 is 10.1 Å². The van der Waals surface area contributed by atoms with E-state index in [9.17, 15) is 14.4 Å². The Morgan fingerprint density at radius 2 is 1.96 bits per heavy atom. The first-order chi connectivity index (χ1) is 12.5. The summed E-state index contributed by atoms with van der Waals surface area (Å²) in [5.74, 6) is -0.959. The molecule has 0 atom stereocenters. The zero-order valence-electron chi connectivity index (χ0n) is 14.2. The molecule has 2 aromatic carbocycles. The Kier molecular flexibility index (Phi) is 4.74. The Morgan fingerprint density at radius 3 is 2.73 bits per heavy atom. The number of ether oxygens (including phenoxy) is 1. The maximum atomic E-state index is 12.4. The lowest BCUT2D eigenvalue weighted by Crippen LogP contribution is -2.30. The highest BCUT2D eigenvalue weighted by Crippen LogP contribution is 2.17. The van der Waals surface area contributed by atoms with Crippen LogP contribution in [0.4, 0.5) is 5.69 Å². The van der Waals surface area contributed by atoms with Crippen LogP contribution < -0.4 is 10.9 Å². The number of nitrogens with one attached hydrogen (secondary N) is 1. The summed E-state index contributed by atoms with van der Waals surface area (Å²) in [4.78, 5) is 36.3. The molecule has 8 heteroatoms. The van der Waals surface area contributed by atoms with E-state index >= 15 is 0 Å². The second kappa shape index (κ2) is 7.14. The van der Waals surface area contributed by atoms with Crippen molar-refractivity contribution in [1.29, 1.82) is 0 Å². The number of amides is 1. The van der Waals surface area contributed by atoms with Gasteiger partial charge in [-0.25, -0.2) is 9.48 Å². The summed E-state index contributed by atoms with van der Waals surface area (Å²) in [6.45, 7) is 1.50. The number of anilines is 1. The summed E-state index contributed by atoms with van der Waals surface area (Å²) >= 11 is 0. The van der Waals surface area contributed by atoms with Gasteiger partial charge in [0.05, 0.1) is 18.1 Å². The molecule has 8 nitrogen and oxygen atoms in total. The third-order valence-corrected chi connectivity index (χ3v) is 3.86. The molecule has 0 bridgehead atoms. The van der Waals surface area contributed by atoms with E-state index in [0.717, 1.165) is 10.2 Å². The number of carbonyl (C=O) groups is 2. The molecule has 0 unspecified atom stereocenters. The maximum Gasteiger partial charge on any atom is 0.337 e. The molecule has 3 aromatic rings. The average molecular weight is 352 g/mol. The van der Waals surface area contributed by atoms with Crippen LogP contribution in [0.5, 0.6) is 0 Å². The molecule has 1 amide bonds. The molecule has 0 aliphatic rings. The van der Waals surface area contributed by atoms with Gasteiger partial charge >= 0.3 is 5.97 Å². The van der Waals surface area contributed by atoms with Gasteiger partial charge in [0.1, 0.15) is 12.1 Å². The highest BCUT2D eigenvalue weighted by atomic mass is 16.5. The largest absolute Gasteiger partial charge is 0.465 e. The Morgan fingerprint density at radius 1 is 1.19 bits per heavy atom. The molecular formula is C18H16N4O4. The van der Waals surface area contributed by atoms with Crippen molar-refractivity contribution >= 4 is 28.5 Å². The smallest absolute Gasteiger partial charge is 0.337 e. The Labute approximate surface area is 148 Å². The van der Waals surface area contributed by atoms with Gasteiger partial charge in [-0.1, -0.05) is 23.4 Å². The van der Waals surface area contributed by atoms with E-state index in [1.807, 2.05) is 0 Å². The quantitative estimate of drug-likeness (QED) is 0.714. The molecular weight excluding hydrogens is 336 g/mol. The number of rotatable bonds is 4. The molecule has 0 saturated carbocycles. The fraction of sp³-hybridized carbons (Fsp3) is 0.167. The van der Waals surface area contributed by atoms with Crippen molar-refractivity contribution in [2.75, 3.05) is 12.4 Å². The molecule has 0 fully saturated rings. The Bertz CT molecular complexity index is 1060. The number of aryl methyl sites for hydroxylation is 1. The molecule has 0 aliphatic carbocycles. The third-order valence-electron chi connectivity index (χ3n) is 3.86. The van der Waals surface area contributed by atoms with Crippen LogP contribution in [0.25, 0.3) is 10.9 Å². The second-order valence-electron chi connectivity index (χ2n) is 5.64. The summed E-state index contributed by atoms with van der Waals surface area (Å²) in [6.07, 6.45) is 0. The molecule has 26 heavy (non-hydrogen) atoms. The van der Waals surface area contributed by atoms with Gasteiger partial charge in [0.15, 0.2) is 0 Å². The number of benzene rings is 2. The van der Waals surface area contributed by atoms with E-state index in [0.29, 0.717) is 22.2 Å². The number of hydrogen-bond donors (Lipinski definition) is 1. The number of hydrogen-bond acceptors (Lipinski definition) is 6. The van der Waals surface area contributed by atoms with Crippen molar-refractivity contribution in [3.8, 4) is 0 Å². The lowest BCUT2D eigenvalue weighted by Gasteiger charge is -2.10. The van der Waals surface area contributed by atoms with Crippen molar-refractivity contribution in [3.05, 3.63) is 63.9 Å². The van der Waals surface area contributed by atoms with E-state index < -0.39 is 17.4 Å². The molecule has 0 saturated heterocycles. The molecule has 1 N–H and O–H groups in total. The molecule has 3 rings (SSSR count). The molecule has 0 aliphatic heterocycles. The highest BCUT2D eigenvalue weighted by Gasteiger charge is 2.13. The van der Waals surface area contributed by atoms with Gasteiger partial charge in [-0.3, -0.25) is 9.59 Å². The zero-order chi connectivity index (χ0) is 18.7. The number of esters is 1. The van der Waals surface area contributed by atoms with Crippen LogP contribution in [-0.2, 0) is 16.1 Å². The Balaban J connectivity index is 1.83. The van der Waals surface area contributed by atoms with Gasteiger partial charge in [0.25, 0.3) is 5.56 Å². The van der Waals surface area contributed by atoms with Gasteiger partial charge in [-0.05, 0) is 36.8 Å². The van der Waals surface area contributed by atoms with Crippen LogP contribution in [-0.4, -0.2) is 34.0 Å². The fourth-order valence-corrected chi connectivity index (χ4v) is 2.45. The van der Waals surface area contributed by atoms with Crippen LogP contribution >= 0.6 is 0 Å². The standard InChI is InChI=1S/C18H16N4O4/c1-11-7-8-12(18(25)26-2)9-15(11)19-16(23)10-22-17(24)13-5-3-4-6-14(13)20-21-22/h3-9H,10H2,1-2H3,(H,19,23). The summed E-state index contributed by atoms with van der Waals surface area (Å²) in [7, 11) is 1.28. The van der Waals surface area contributed by atoms with Crippen LogP contribution in [0.1, 0.15) is 15.9 Å². The molecule has 0 radical (unpaired) electrons. The fourth-order valence-electron chi connectivity index (χ4n) is 2.45. The zero-order valence-corrected chi connectivity index (χ0v) is 14.2. The number of nitrogens with zero attached hydrogens (tertiary/aromatic N) is 3. The number of aromatic nitrogens is 3. The minimum Gasteiger partial charge on any atom is -0.465 e. The van der Waals surface area contributed by atoms with E-state index in [4.69, 9.17) is 0 Å². The van der Waals surface area contributed by atoms with Crippen molar-refractivity contribution in [2.45, 2.75) is 13.5 Å². The van der Waals surface area contributed by atoms with Crippen molar-refractivity contribution in [1.82, 2.24) is 15.0 Å². The predicted octanol–water partition coefficient (Wildman–Crippen LogP) is 1.53. The van der Waals surface area contributed by atoms with Crippen LogP contribution in [0.3, 0.4) is 0 Å². The second-order valence-corrected chi connectivity index (χ2v) is 5.64. The van der Waals surface area contributed by atoms with Gasteiger partial charge in [-0.2, -0.15) is 0 Å². The van der Waals surface area contributed by atoms with Crippen molar-refractivity contribution in [3.63, 3.8) is 0 Å². The predicted molar refractivity (Wildman–Crippen MR) is 94.9 cm³/mol. The van der Waals surface area contributed by atoms with Crippen molar-refractivity contribution < 1.29 is 14.3 Å². The summed E-state index contributed by atoms with van der Waals surface area (Å²) in [6, 6.07) is 11.6. The van der Waals surface area contributed by atoms with Crippen LogP contribution in [0.15, 0.2) is 47.3 Å². The van der Waals surface area contributed by atoms with Gasteiger partial charge in [0.2, 0.25) is 5.91 Å². The Hall–Kier alpha value is -3.55. The lowest BCUT2D eigenvalue weighted by atomic mass is 10.1. The summed E-state index contributed by atoms with van der Waals surface area (Å²) in [5.41, 5.74) is 1.61. The van der Waals surface area contributed by atoms with E-state index in [1.165, 1.54) is 13.2 Å². The van der Waals surface area contributed by atoms with Gasteiger partial charge in [0, 0.05) is 5.69 Å². The third kappa shape index (κ3) is 3.44. The SMILES string of the molecule is COC(=O)c1ccc(C)c(NC(=O)Cn2nnc3ccccc3c2=O)c1. The number of methoxy groups -OCH3 is 1. The minimum atomic E-state index is -0.503. The van der Waals surface area contributed by atoms with Gasteiger partial charge in [-0.15, -0.1) is 5.10 Å². The highest BCUT2D eigenvalue weighted by molar-refractivity contribution is 5.95. The molecule has 1 aromatic heterocycles. The molecule has 132 valence electrons. The monoisotopic (exact) mass is 352 g/mol. The van der Waals surface area contributed by atoms with E-state index in [-0.39, 0.29) is 6.54 Å². The average Bonchev–Trinajstić information content (AvgIpc) is 2.65. The minimum absolute atomic E-state index is 0.293. The first-order valence-corrected chi connectivity index (χ1v) is 7.81. The number of carbonyl (C=O) groups excluding carboxylic acids is 2. The van der Waals surface area contributed by atoms with E-state index in [1.54, 1.807) is 43.3 Å². The molecule has 1 heterocycles. The van der Waals surface area contributed by atoms with Crippen LogP contribution in [0.2, 0.25) is 0 Å². The first-order valence-electron chi connectivity index (χ1n) is 7.81. The van der Waals surface area contributed by atoms with Crippen LogP contribution in [0, 0.1) is 6.92 Å². The number of fused-ring (bicyclic) bond motifs is 1. The lowest BCUT2D eigenvalue weighted by molar-refractivity contribution is -0.117. The summed E-state index contributed by atoms with van der Waals surface area (Å²) < 4.78 is 5.67. The normalized spacial score (nSPS) is 10.5. The maximum absolute atomic E-state index is 12.4. The van der Waals surface area contributed by atoms with E-state index in [2.05, 4.69) is 20.4 Å².